The monoisotopic (exact) mass is 391 g/mol. The summed E-state index contributed by atoms with van der Waals surface area (Å²) in [6.07, 6.45) is 0. The van der Waals surface area contributed by atoms with Crippen LogP contribution in [-0.2, 0) is 0 Å². The number of carbonyl (C=O) groups excluding carboxylic acids is 1. The van der Waals surface area contributed by atoms with Gasteiger partial charge < -0.3 is 19.5 Å². The minimum absolute atomic E-state index is 0.196. The van der Waals surface area contributed by atoms with E-state index in [9.17, 15) is 4.79 Å². The lowest BCUT2D eigenvalue weighted by atomic mass is 9.98. The van der Waals surface area contributed by atoms with Crippen LogP contribution >= 0.6 is 0 Å². The maximum Gasteiger partial charge on any atom is 0.252 e. The van der Waals surface area contributed by atoms with E-state index in [1.807, 2.05) is 61.5 Å². The highest BCUT2D eigenvalue weighted by molar-refractivity contribution is 5.95. The Kier molecular flexibility index (Phi) is 6.74. The van der Waals surface area contributed by atoms with Crippen molar-refractivity contribution in [3.63, 3.8) is 0 Å². The molecule has 0 heterocycles. The Balaban J connectivity index is 1.91. The van der Waals surface area contributed by atoms with E-state index in [1.54, 1.807) is 32.4 Å². The molecule has 0 saturated carbocycles. The van der Waals surface area contributed by atoms with Gasteiger partial charge in [0.2, 0.25) is 0 Å². The Morgan fingerprint density at radius 2 is 1.55 bits per heavy atom. The average Bonchev–Trinajstić information content (AvgIpc) is 2.78. The van der Waals surface area contributed by atoms with Gasteiger partial charge in [0.1, 0.15) is 5.75 Å². The molecule has 0 bridgehead atoms. The number of hydrogen-bond acceptors (Lipinski definition) is 4. The molecule has 5 nitrogen and oxygen atoms in total. The minimum atomic E-state index is -0.299. The predicted molar refractivity (Wildman–Crippen MR) is 113 cm³/mol. The SMILES string of the molecule is CCOc1cc(C(=O)NC(c2ccccc2)c2ccc(OC)cc2)ccc1OC. The van der Waals surface area contributed by atoms with E-state index in [2.05, 4.69) is 5.32 Å². The number of benzene rings is 3. The smallest absolute Gasteiger partial charge is 0.252 e. The molecule has 1 unspecified atom stereocenters. The van der Waals surface area contributed by atoms with E-state index in [0.717, 1.165) is 16.9 Å². The number of nitrogens with one attached hydrogen (secondary N) is 1. The largest absolute Gasteiger partial charge is 0.497 e. The van der Waals surface area contributed by atoms with Crippen molar-refractivity contribution in [2.24, 2.45) is 0 Å². The topological polar surface area (TPSA) is 56.8 Å². The molecule has 0 saturated heterocycles. The summed E-state index contributed by atoms with van der Waals surface area (Å²) in [7, 11) is 3.21. The first-order valence-electron chi connectivity index (χ1n) is 9.46. The Bertz CT molecular complexity index is 939. The van der Waals surface area contributed by atoms with Crippen LogP contribution in [0.5, 0.6) is 17.2 Å². The maximum absolute atomic E-state index is 13.0. The number of amides is 1. The van der Waals surface area contributed by atoms with Crippen molar-refractivity contribution in [1.29, 1.82) is 0 Å². The molecule has 0 aliphatic rings. The minimum Gasteiger partial charge on any atom is -0.497 e. The van der Waals surface area contributed by atoms with E-state index >= 15 is 0 Å². The summed E-state index contributed by atoms with van der Waals surface area (Å²) in [4.78, 5) is 13.0. The Morgan fingerprint density at radius 3 is 2.17 bits per heavy atom. The van der Waals surface area contributed by atoms with Gasteiger partial charge in [-0.1, -0.05) is 42.5 Å². The van der Waals surface area contributed by atoms with Crippen LogP contribution in [0.2, 0.25) is 0 Å². The third-order valence-corrected chi connectivity index (χ3v) is 4.58. The van der Waals surface area contributed by atoms with Gasteiger partial charge in [0.15, 0.2) is 11.5 Å². The first kappa shape index (κ1) is 20.3. The standard InChI is InChI=1S/C24H25NO4/c1-4-29-22-16-19(12-15-21(22)28-3)24(26)25-23(17-8-6-5-7-9-17)18-10-13-20(27-2)14-11-18/h5-16,23H,4H2,1-3H3,(H,25,26). The highest BCUT2D eigenvalue weighted by Gasteiger charge is 2.19. The number of rotatable bonds is 8. The van der Waals surface area contributed by atoms with Gasteiger partial charge in [0.25, 0.3) is 5.91 Å². The van der Waals surface area contributed by atoms with Crippen molar-refractivity contribution in [1.82, 2.24) is 5.32 Å². The van der Waals surface area contributed by atoms with Crippen LogP contribution in [0, 0.1) is 0 Å². The lowest BCUT2D eigenvalue weighted by molar-refractivity contribution is 0.0942. The van der Waals surface area contributed by atoms with Gasteiger partial charge in [-0.25, -0.2) is 0 Å². The number of carbonyl (C=O) groups is 1. The third kappa shape index (κ3) is 4.88. The van der Waals surface area contributed by atoms with Crippen LogP contribution in [-0.4, -0.2) is 26.7 Å². The molecule has 0 radical (unpaired) electrons. The zero-order chi connectivity index (χ0) is 20.6. The van der Waals surface area contributed by atoms with Crippen LogP contribution < -0.4 is 19.5 Å². The van der Waals surface area contributed by atoms with Gasteiger partial charge in [0, 0.05) is 5.56 Å². The molecular weight excluding hydrogens is 366 g/mol. The first-order valence-corrected chi connectivity index (χ1v) is 9.46. The second-order valence-corrected chi connectivity index (χ2v) is 6.39. The van der Waals surface area contributed by atoms with Crippen LogP contribution in [0.3, 0.4) is 0 Å². The van der Waals surface area contributed by atoms with Gasteiger partial charge in [-0.15, -0.1) is 0 Å². The summed E-state index contributed by atoms with van der Waals surface area (Å²) in [6.45, 7) is 2.38. The maximum atomic E-state index is 13.0. The fourth-order valence-corrected chi connectivity index (χ4v) is 3.10. The van der Waals surface area contributed by atoms with E-state index in [4.69, 9.17) is 14.2 Å². The molecule has 1 N–H and O–H groups in total. The summed E-state index contributed by atoms with van der Waals surface area (Å²) in [5, 5.41) is 3.13. The Morgan fingerprint density at radius 1 is 0.862 bits per heavy atom. The first-order chi connectivity index (χ1) is 14.2. The summed E-state index contributed by atoms with van der Waals surface area (Å²) in [6, 6.07) is 22.4. The molecule has 1 amide bonds. The second-order valence-electron chi connectivity index (χ2n) is 6.39. The lowest BCUT2D eigenvalue weighted by Gasteiger charge is -2.21. The lowest BCUT2D eigenvalue weighted by Crippen LogP contribution is -2.29. The van der Waals surface area contributed by atoms with Crippen molar-refractivity contribution in [3.05, 3.63) is 89.5 Å². The fraction of sp³-hybridized carbons (Fsp3) is 0.208. The molecule has 5 heteroatoms. The van der Waals surface area contributed by atoms with Crippen LogP contribution in [0.4, 0.5) is 0 Å². The van der Waals surface area contributed by atoms with Gasteiger partial charge in [-0.3, -0.25) is 4.79 Å². The molecule has 29 heavy (non-hydrogen) atoms. The van der Waals surface area contributed by atoms with Crippen molar-refractivity contribution >= 4 is 5.91 Å². The van der Waals surface area contributed by atoms with Crippen molar-refractivity contribution in [2.45, 2.75) is 13.0 Å². The molecule has 0 aliphatic heterocycles. The van der Waals surface area contributed by atoms with Gasteiger partial charge >= 0.3 is 0 Å². The highest BCUT2D eigenvalue weighted by atomic mass is 16.5. The van der Waals surface area contributed by atoms with E-state index < -0.39 is 0 Å². The summed E-state index contributed by atoms with van der Waals surface area (Å²) < 4.78 is 16.2. The van der Waals surface area contributed by atoms with E-state index in [0.29, 0.717) is 23.7 Å². The fourth-order valence-electron chi connectivity index (χ4n) is 3.10. The normalized spacial score (nSPS) is 11.4. The zero-order valence-electron chi connectivity index (χ0n) is 16.8. The summed E-state index contributed by atoms with van der Waals surface area (Å²) >= 11 is 0. The van der Waals surface area contributed by atoms with Gasteiger partial charge in [-0.2, -0.15) is 0 Å². The van der Waals surface area contributed by atoms with Crippen LogP contribution in [0.1, 0.15) is 34.5 Å². The van der Waals surface area contributed by atoms with Crippen LogP contribution in [0.25, 0.3) is 0 Å². The molecule has 3 rings (SSSR count). The molecule has 0 aromatic heterocycles. The molecule has 3 aromatic carbocycles. The molecule has 0 fully saturated rings. The number of ether oxygens (including phenoxy) is 3. The highest BCUT2D eigenvalue weighted by Crippen LogP contribution is 2.29. The molecule has 3 aromatic rings. The van der Waals surface area contributed by atoms with Crippen molar-refractivity contribution in [2.75, 3.05) is 20.8 Å². The number of methoxy groups -OCH3 is 2. The number of hydrogen-bond donors (Lipinski definition) is 1. The molecule has 0 spiro atoms. The molecule has 1 atom stereocenters. The van der Waals surface area contributed by atoms with E-state index in [-0.39, 0.29) is 11.9 Å². The quantitative estimate of drug-likeness (QED) is 0.609. The van der Waals surface area contributed by atoms with Crippen LogP contribution in [0.15, 0.2) is 72.8 Å². The average molecular weight is 391 g/mol. The Hall–Kier alpha value is -3.47. The molecular formula is C24H25NO4. The second kappa shape index (κ2) is 9.64. The summed E-state index contributed by atoms with van der Waals surface area (Å²) in [5.41, 5.74) is 2.46. The molecule has 0 aliphatic carbocycles. The third-order valence-electron chi connectivity index (χ3n) is 4.58. The predicted octanol–water partition coefficient (Wildman–Crippen LogP) is 4.62. The van der Waals surface area contributed by atoms with Gasteiger partial charge in [-0.05, 0) is 48.4 Å². The van der Waals surface area contributed by atoms with E-state index in [1.165, 1.54) is 0 Å². The van der Waals surface area contributed by atoms with Gasteiger partial charge in [0.05, 0.1) is 26.9 Å². The molecule has 150 valence electrons. The zero-order valence-corrected chi connectivity index (χ0v) is 16.8. The summed E-state index contributed by atoms with van der Waals surface area (Å²) in [5.74, 6) is 1.71. The van der Waals surface area contributed by atoms with Crippen molar-refractivity contribution < 1.29 is 19.0 Å². The van der Waals surface area contributed by atoms with Crippen molar-refractivity contribution in [3.8, 4) is 17.2 Å². The Labute approximate surface area is 171 Å².